The summed E-state index contributed by atoms with van der Waals surface area (Å²) < 4.78 is 39.6. The lowest BCUT2D eigenvalue weighted by atomic mass is 10.2. The van der Waals surface area contributed by atoms with Crippen LogP contribution in [0.5, 0.6) is 11.5 Å². The lowest BCUT2D eigenvalue weighted by Gasteiger charge is -2.07. The average Bonchev–Trinajstić information content (AvgIpc) is 3.25. The Morgan fingerprint density at radius 1 is 1.06 bits per heavy atom. The molecule has 0 bridgehead atoms. The number of carbonyl (C=O) groups is 1. The van der Waals surface area contributed by atoms with Crippen LogP contribution in [-0.4, -0.2) is 44.5 Å². The number of aromatic nitrogens is 2. The van der Waals surface area contributed by atoms with Gasteiger partial charge >= 0.3 is 6.01 Å². The molecule has 3 aromatic rings. The monoisotopic (exact) mass is 443 g/mol. The zero-order valence-corrected chi connectivity index (χ0v) is 18.0. The van der Waals surface area contributed by atoms with E-state index >= 15 is 0 Å². The largest absolute Gasteiger partial charge is 0.493 e. The molecule has 31 heavy (non-hydrogen) atoms. The van der Waals surface area contributed by atoms with E-state index in [1.807, 2.05) is 0 Å². The van der Waals surface area contributed by atoms with Gasteiger partial charge in [0.05, 0.1) is 24.9 Å². The summed E-state index contributed by atoms with van der Waals surface area (Å²) in [6, 6.07) is 11.2. The highest BCUT2D eigenvalue weighted by atomic mass is 32.2. The van der Waals surface area contributed by atoms with Crippen molar-refractivity contribution in [2.45, 2.75) is 11.8 Å². The highest BCUT2D eigenvalue weighted by Crippen LogP contribution is 2.28. The number of methoxy groups -OCH3 is 2. The second-order valence-corrected chi connectivity index (χ2v) is 8.56. The Labute approximate surface area is 179 Å². The number of benzene rings is 2. The van der Waals surface area contributed by atoms with E-state index in [1.165, 1.54) is 25.3 Å². The van der Waals surface area contributed by atoms with E-state index in [-0.39, 0.29) is 22.6 Å². The number of nitrogens with zero attached hydrogens (tertiary/aromatic N) is 2. The summed E-state index contributed by atoms with van der Waals surface area (Å²) in [4.78, 5) is 12.4. The smallest absolute Gasteiger partial charge is 0.322 e. The van der Waals surface area contributed by atoms with E-state index in [0.717, 1.165) is 5.56 Å². The number of hydrogen-bond acceptors (Lipinski definition) is 8. The van der Waals surface area contributed by atoms with Gasteiger partial charge in [-0.15, -0.1) is 5.10 Å². The Morgan fingerprint density at radius 3 is 2.42 bits per heavy atom. The number of rotatable bonds is 8. The number of nitrogens with one attached hydrogen (secondary N) is 1. The van der Waals surface area contributed by atoms with Crippen molar-refractivity contribution < 1.29 is 27.1 Å². The van der Waals surface area contributed by atoms with E-state index in [1.54, 1.807) is 50.4 Å². The summed E-state index contributed by atoms with van der Waals surface area (Å²) in [5, 5.41) is 10.1. The van der Waals surface area contributed by atoms with Crippen LogP contribution in [0.2, 0.25) is 0 Å². The van der Waals surface area contributed by atoms with Gasteiger partial charge in [0.1, 0.15) is 0 Å². The molecule has 0 saturated heterocycles. The fourth-order valence-electron chi connectivity index (χ4n) is 2.64. The molecule has 0 fully saturated rings. The van der Waals surface area contributed by atoms with Gasteiger partial charge in [0.15, 0.2) is 21.3 Å². The molecule has 10 heteroatoms. The maximum Gasteiger partial charge on any atom is 0.322 e. The minimum atomic E-state index is -3.29. The molecule has 1 N–H and O–H groups in total. The third kappa shape index (κ3) is 5.28. The zero-order chi connectivity index (χ0) is 22.4. The predicted molar refractivity (Wildman–Crippen MR) is 115 cm³/mol. The van der Waals surface area contributed by atoms with Crippen molar-refractivity contribution in [3.05, 3.63) is 54.1 Å². The maximum atomic E-state index is 12.1. The Hall–Kier alpha value is -3.66. The fraction of sp³-hybridized carbons (Fsp3) is 0.190. The first-order valence-corrected chi connectivity index (χ1v) is 10.9. The van der Waals surface area contributed by atoms with Gasteiger partial charge in [-0.25, -0.2) is 8.42 Å². The molecule has 0 spiro atoms. The zero-order valence-electron chi connectivity index (χ0n) is 17.2. The average molecular weight is 443 g/mol. The first kappa shape index (κ1) is 22.0. The van der Waals surface area contributed by atoms with E-state index in [4.69, 9.17) is 13.9 Å². The molecular weight excluding hydrogens is 422 g/mol. The van der Waals surface area contributed by atoms with Crippen LogP contribution in [0.4, 0.5) is 6.01 Å². The van der Waals surface area contributed by atoms with Gasteiger partial charge in [0.2, 0.25) is 5.89 Å². The molecular formula is C21H21N3O6S. The molecule has 0 aliphatic rings. The molecule has 1 aromatic heterocycles. The van der Waals surface area contributed by atoms with Crippen molar-refractivity contribution >= 4 is 27.8 Å². The number of sulfone groups is 1. The molecule has 0 saturated carbocycles. The lowest BCUT2D eigenvalue weighted by Crippen LogP contribution is -2.07. The standard InChI is InChI=1S/C21H21N3O6S/c1-4-31(26,27)16-9-7-15(8-10-16)20-23-24-21(30-20)22-19(25)12-6-14-5-11-17(28-2)18(13-14)29-3/h5-13H,4H2,1-3H3,(H,22,24,25). The summed E-state index contributed by atoms with van der Waals surface area (Å²) in [5.74, 6) is 0.834. The van der Waals surface area contributed by atoms with Gasteiger partial charge in [-0.05, 0) is 48.0 Å². The van der Waals surface area contributed by atoms with E-state index in [2.05, 4.69) is 15.5 Å². The molecule has 162 valence electrons. The van der Waals surface area contributed by atoms with Crippen LogP contribution in [0.25, 0.3) is 17.5 Å². The van der Waals surface area contributed by atoms with Gasteiger partial charge < -0.3 is 13.9 Å². The summed E-state index contributed by atoms with van der Waals surface area (Å²) >= 11 is 0. The summed E-state index contributed by atoms with van der Waals surface area (Å²) in [6.45, 7) is 1.58. The number of carbonyl (C=O) groups excluding carboxylic acids is 1. The molecule has 0 atom stereocenters. The molecule has 3 rings (SSSR count). The minimum absolute atomic E-state index is 0.0138. The number of anilines is 1. The van der Waals surface area contributed by atoms with Crippen LogP contribution < -0.4 is 14.8 Å². The molecule has 0 radical (unpaired) electrons. The van der Waals surface area contributed by atoms with Crippen LogP contribution in [0.15, 0.2) is 57.9 Å². The number of ether oxygens (including phenoxy) is 2. The van der Waals surface area contributed by atoms with Gasteiger partial charge in [-0.2, -0.15) is 0 Å². The van der Waals surface area contributed by atoms with E-state index < -0.39 is 15.7 Å². The van der Waals surface area contributed by atoms with E-state index in [0.29, 0.717) is 17.1 Å². The van der Waals surface area contributed by atoms with Gasteiger partial charge in [0.25, 0.3) is 5.91 Å². The topological polar surface area (TPSA) is 121 Å². The quantitative estimate of drug-likeness (QED) is 0.527. The van der Waals surface area contributed by atoms with Crippen LogP contribution in [0, 0.1) is 0 Å². The highest BCUT2D eigenvalue weighted by molar-refractivity contribution is 7.91. The van der Waals surface area contributed by atoms with Crippen molar-refractivity contribution in [1.82, 2.24) is 10.2 Å². The van der Waals surface area contributed by atoms with Crippen LogP contribution >= 0.6 is 0 Å². The third-order valence-corrected chi connectivity index (χ3v) is 6.08. The van der Waals surface area contributed by atoms with Crippen molar-refractivity contribution in [2.75, 3.05) is 25.3 Å². The predicted octanol–water partition coefficient (Wildman–Crippen LogP) is 3.20. The molecule has 9 nitrogen and oxygen atoms in total. The van der Waals surface area contributed by atoms with Crippen LogP contribution in [0.1, 0.15) is 12.5 Å². The van der Waals surface area contributed by atoms with Crippen molar-refractivity contribution in [3.63, 3.8) is 0 Å². The van der Waals surface area contributed by atoms with Gasteiger partial charge in [0, 0.05) is 11.6 Å². The second-order valence-electron chi connectivity index (χ2n) is 6.28. The number of hydrogen-bond donors (Lipinski definition) is 1. The van der Waals surface area contributed by atoms with Crippen LogP contribution in [0.3, 0.4) is 0 Å². The summed E-state index contributed by atoms with van der Waals surface area (Å²) in [7, 11) is -0.220. The highest BCUT2D eigenvalue weighted by Gasteiger charge is 2.14. The first-order chi connectivity index (χ1) is 14.9. The van der Waals surface area contributed by atoms with Crippen molar-refractivity contribution in [2.24, 2.45) is 0 Å². The maximum absolute atomic E-state index is 12.1. The molecule has 1 amide bonds. The van der Waals surface area contributed by atoms with Gasteiger partial charge in [-0.1, -0.05) is 18.1 Å². The summed E-state index contributed by atoms with van der Waals surface area (Å²) in [5.41, 5.74) is 1.27. The first-order valence-electron chi connectivity index (χ1n) is 9.24. The SMILES string of the molecule is CCS(=O)(=O)c1ccc(-c2nnc(NC(=O)C=Cc3ccc(OC)c(OC)c3)o2)cc1. The van der Waals surface area contributed by atoms with Crippen molar-refractivity contribution in [1.29, 1.82) is 0 Å². The molecule has 0 aliphatic carbocycles. The molecule has 0 unspecified atom stereocenters. The molecule has 0 aliphatic heterocycles. The van der Waals surface area contributed by atoms with Crippen molar-refractivity contribution in [3.8, 4) is 23.0 Å². The third-order valence-electron chi connectivity index (χ3n) is 4.33. The lowest BCUT2D eigenvalue weighted by molar-refractivity contribution is -0.112. The molecule has 2 aromatic carbocycles. The normalized spacial score (nSPS) is 11.5. The van der Waals surface area contributed by atoms with E-state index in [9.17, 15) is 13.2 Å². The van der Waals surface area contributed by atoms with Gasteiger partial charge in [-0.3, -0.25) is 10.1 Å². The molecule has 1 heterocycles. The minimum Gasteiger partial charge on any atom is -0.493 e. The Kier molecular flexibility index (Phi) is 6.71. The fourth-order valence-corrected chi connectivity index (χ4v) is 3.52. The Morgan fingerprint density at radius 2 is 1.77 bits per heavy atom. The second kappa shape index (κ2) is 9.43. The van der Waals surface area contributed by atoms with Crippen LogP contribution in [-0.2, 0) is 14.6 Å². The Balaban J connectivity index is 1.67. The Bertz CT molecular complexity index is 1200. The summed E-state index contributed by atoms with van der Waals surface area (Å²) in [6.07, 6.45) is 2.91. The number of amides is 1.